The molecule has 2 saturated heterocycles. The van der Waals surface area contributed by atoms with E-state index in [9.17, 15) is 27.2 Å². The Kier molecular flexibility index (Phi) is 6.77. The second-order valence-corrected chi connectivity index (χ2v) is 7.57. The lowest BCUT2D eigenvalue weighted by molar-refractivity contribution is -0.161. The minimum atomic E-state index is -4.23. The highest BCUT2D eigenvalue weighted by Crippen LogP contribution is 2.25. The highest BCUT2D eigenvalue weighted by molar-refractivity contribution is 5.94. The summed E-state index contributed by atoms with van der Waals surface area (Å²) in [6.45, 7) is 0.192. The first kappa shape index (κ1) is 21.5. The summed E-state index contributed by atoms with van der Waals surface area (Å²) in [6.07, 6.45) is -2.96. The van der Waals surface area contributed by atoms with Gasteiger partial charge < -0.3 is 9.64 Å². The van der Waals surface area contributed by atoms with Crippen LogP contribution < -0.4 is 0 Å². The predicted molar refractivity (Wildman–Crippen MR) is 96.6 cm³/mol. The summed E-state index contributed by atoms with van der Waals surface area (Å²) in [5, 5.41) is 0. The Balaban J connectivity index is 1.42. The molecule has 0 atom stereocenters. The number of hydrogen-bond donors (Lipinski definition) is 0. The number of hydrogen-bond acceptors (Lipinski definition) is 4. The van der Waals surface area contributed by atoms with Crippen LogP contribution in [-0.2, 0) is 9.53 Å². The van der Waals surface area contributed by atoms with Crippen molar-refractivity contribution in [2.45, 2.75) is 38.0 Å². The average molecular weight is 416 g/mol. The summed E-state index contributed by atoms with van der Waals surface area (Å²) >= 11 is 0. The lowest BCUT2D eigenvalue weighted by Crippen LogP contribution is -2.44. The van der Waals surface area contributed by atoms with E-state index in [-0.39, 0.29) is 36.6 Å². The molecule has 2 heterocycles. The van der Waals surface area contributed by atoms with E-state index in [0.717, 1.165) is 0 Å². The number of benzene rings is 1. The third-order valence-corrected chi connectivity index (χ3v) is 5.44. The number of halogens is 4. The second-order valence-electron chi connectivity index (χ2n) is 7.57. The molecule has 160 valence electrons. The fourth-order valence-corrected chi connectivity index (χ4v) is 3.82. The Labute approximate surface area is 166 Å². The van der Waals surface area contributed by atoms with Crippen molar-refractivity contribution in [1.82, 2.24) is 9.80 Å². The van der Waals surface area contributed by atoms with Gasteiger partial charge in [-0.15, -0.1) is 0 Å². The van der Waals surface area contributed by atoms with Gasteiger partial charge in [0.05, 0.1) is 18.0 Å². The van der Waals surface area contributed by atoms with Crippen LogP contribution in [0.5, 0.6) is 0 Å². The second kappa shape index (κ2) is 9.11. The number of amides is 1. The molecule has 1 amide bonds. The molecule has 2 fully saturated rings. The summed E-state index contributed by atoms with van der Waals surface area (Å²) in [5.74, 6) is -1.72. The maximum Gasteiger partial charge on any atom is 0.401 e. The summed E-state index contributed by atoms with van der Waals surface area (Å²) < 4.78 is 56.6. The number of carbonyl (C=O) groups is 2. The number of esters is 1. The van der Waals surface area contributed by atoms with Crippen LogP contribution in [0.2, 0.25) is 0 Å². The molecular weight excluding hydrogens is 392 g/mol. The Morgan fingerprint density at radius 2 is 1.62 bits per heavy atom. The van der Waals surface area contributed by atoms with Gasteiger partial charge in [0.2, 0.25) is 0 Å². The number of likely N-dealkylation sites (tertiary alicyclic amines) is 2. The van der Waals surface area contributed by atoms with Crippen LogP contribution in [0.25, 0.3) is 0 Å². The number of carbonyl (C=O) groups excluding carboxylic acids is 2. The Bertz CT molecular complexity index is 725. The van der Waals surface area contributed by atoms with Crippen LogP contribution in [0, 0.1) is 11.7 Å². The first-order valence-corrected chi connectivity index (χ1v) is 9.76. The van der Waals surface area contributed by atoms with E-state index < -0.39 is 24.5 Å². The summed E-state index contributed by atoms with van der Waals surface area (Å²) in [7, 11) is 0. The van der Waals surface area contributed by atoms with Crippen LogP contribution >= 0.6 is 0 Å². The van der Waals surface area contributed by atoms with E-state index in [1.54, 1.807) is 11.0 Å². The zero-order valence-electron chi connectivity index (χ0n) is 16.0. The standard InChI is InChI=1S/C20H24F4N2O3/c21-17-4-2-1-3-16(17)18(27)26-11-7-15(8-12-26)29-19(28)14-5-9-25(10-6-14)13-20(22,23)24/h1-4,14-15H,5-13H2. The number of piperidine rings is 2. The molecule has 0 radical (unpaired) electrons. The molecule has 9 heteroatoms. The predicted octanol–water partition coefficient (Wildman–Crippen LogP) is 3.25. The molecule has 0 aliphatic carbocycles. The molecule has 0 aromatic heterocycles. The molecule has 0 saturated carbocycles. The van der Waals surface area contributed by atoms with Crippen molar-refractivity contribution in [2.75, 3.05) is 32.7 Å². The van der Waals surface area contributed by atoms with Crippen LogP contribution in [0.3, 0.4) is 0 Å². The molecule has 2 aliphatic heterocycles. The smallest absolute Gasteiger partial charge is 0.401 e. The van der Waals surface area contributed by atoms with Crippen molar-refractivity contribution in [3.05, 3.63) is 35.6 Å². The maximum atomic E-state index is 13.8. The lowest BCUT2D eigenvalue weighted by atomic mass is 9.96. The maximum absolute atomic E-state index is 13.8. The van der Waals surface area contributed by atoms with Crippen molar-refractivity contribution in [3.63, 3.8) is 0 Å². The molecule has 0 unspecified atom stereocenters. The zero-order valence-corrected chi connectivity index (χ0v) is 16.0. The third-order valence-electron chi connectivity index (χ3n) is 5.44. The number of ether oxygens (including phenoxy) is 1. The minimum Gasteiger partial charge on any atom is -0.462 e. The quantitative estimate of drug-likeness (QED) is 0.559. The van der Waals surface area contributed by atoms with Gasteiger partial charge in [0.15, 0.2) is 0 Å². The van der Waals surface area contributed by atoms with Crippen molar-refractivity contribution < 1.29 is 31.9 Å². The van der Waals surface area contributed by atoms with Gasteiger partial charge in [0.25, 0.3) is 5.91 Å². The van der Waals surface area contributed by atoms with Gasteiger partial charge >= 0.3 is 12.1 Å². The van der Waals surface area contributed by atoms with Gasteiger partial charge in [-0.05, 0) is 38.1 Å². The van der Waals surface area contributed by atoms with Gasteiger partial charge in [0, 0.05) is 25.9 Å². The molecule has 1 aromatic rings. The minimum absolute atomic E-state index is 0.0218. The summed E-state index contributed by atoms with van der Waals surface area (Å²) in [4.78, 5) is 27.6. The fraction of sp³-hybridized carbons (Fsp3) is 0.600. The third kappa shape index (κ3) is 5.91. The lowest BCUT2D eigenvalue weighted by Gasteiger charge is -2.34. The summed E-state index contributed by atoms with van der Waals surface area (Å²) in [5.41, 5.74) is 0.0218. The van der Waals surface area contributed by atoms with E-state index in [0.29, 0.717) is 38.8 Å². The van der Waals surface area contributed by atoms with Gasteiger partial charge in [-0.3, -0.25) is 14.5 Å². The van der Waals surface area contributed by atoms with Crippen molar-refractivity contribution in [2.24, 2.45) is 5.92 Å². The first-order chi connectivity index (χ1) is 13.7. The molecule has 0 N–H and O–H groups in total. The van der Waals surface area contributed by atoms with Gasteiger partial charge in [-0.25, -0.2) is 4.39 Å². The molecule has 1 aromatic carbocycles. The molecule has 5 nitrogen and oxygen atoms in total. The normalized spacial score (nSPS) is 19.9. The van der Waals surface area contributed by atoms with E-state index in [4.69, 9.17) is 4.74 Å². The Morgan fingerprint density at radius 1 is 1.00 bits per heavy atom. The molecule has 29 heavy (non-hydrogen) atoms. The molecule has 2 aliphatic rings. The van der Waals surface area contributed by atoms with E-state index in [1.807, 2.05) is 0 Å². The Morgan fingerprint density at radius 3 is 2.21 bits per heavy atom. The largest absolute Gasteiger partial charge is 0.462 e. The van der Waals surface area contributed by atoms with Gasteiger partial charge in [-0.1, -0.05) is 12.1 Å². The van der Waals surface area contributed by atoms with Crippen LogP contribution in [0.1, 0.15) is 36.0 Å². The van der Waals surface area contributed by atoms with Crippen molar-refractivity contribution in [3.8, 4) is 0 Å². The van der Waals surface area contributed by atoms with Crippen LogP contribution in [-0.4, -0.2) is 66.7 Å². The first-order valence-electron chi connectivity index (χ1n) is 9.76. The van der Waals surface area contributed by atoms with Gasteiger partial charge in [0.1, 0.15) is 11.9 Å². The highest BCUT2D eigenvalue weighted by atomic mass is 19.4. The van der Waals surface area contributed by atoms with Crippen molar-refractivity contribution in [1.29, 1.82) is 0 Å². The van der Waals surface area contributed by atoms with E-state index in [1.165, 1.54) is 23.1 Å². The fourth-order valence-electron chi connectivity index (χ4n) is 3.82. The number of nitrogens with zero attached hydrogens (tertiary/aromatic N) is 2. The van der Waals surface area contributed by atoms with Gasteiger partial charge in [-0.2, -0.15) is 13.2 Å². The molecule has 0 bridgehead atoms. The number of rotatable bonds is 4. The number of alkyl halides is 3. The van der Waals surface area contributed by atoms with E-state index in [2.05, 4.69) is 0 Å². The average Bonchev–Trinajstić information content (AvgIpc) is 2.68. The zero-order chi connectivity index (χ0) is 21.0. The van der Waals surface area contributed by atoms with E-state index >= 15 is 0 Å². The summed E-state index contributed by atoms with van der Waals surface area (Å²) in [6, 6.07) is 5.80. The Hall–Kier alpha value is -2.16. The molecule has 0 spiro atoms. The highest BCUT2D eigenvalue weighted by Gasteiger charge is 2.35. The van der Waals surface area contributed by atoms with Crippen LogP contribution in [0.15, 0.2) is 24.3 Å². The monoisotopic (exact) mass is 416 g/mol. The SMILES string of the molecule is O=C(OC1CCN(C(=O)c2ccccc2F)CC1)C1CCN(CC(F)(F)F)CC1. The topological polar surface area (TPSA) is 49.9 Å². The van der Waals surface area contributed by atoms with Crippen molar-refractivity contribution >= 4 is 11.9 Å². The molecule has 3 rings (SSSR count). The van der Waals surface area contributed by atoms with Crippen LogP contribution in [0.4, 0.5) is 17.6 Å². The molecular formula is C20H24F4N2O3.